The Hall–Kier alpha value is -0.530. The molecule has 1 unspecified atom stereocenters. The minimum absolute atomic E-state index is 0.279. The summed E-state index contributed by atoms with van der Waals surface area (Å²) in [4.78, 5) is 11.1. The summed E-state index contributed by atoms with van der Waals surface area (Å²) < 4.78 is 0. The molecule has 1 heterocycles. The first kappa shape index (κ1) is 8.57. The lowest BCUT2D eigenvalue weighted by atomic mass is 10.0. The van der Waals surface area contributed by atoms with Gasteiger partial charge in [0.15, 0.2) is 0 Å². The first-order valence-electron chi connectivity index (χ1n) is 4.62. The van der Waals surface area contributed by atoms with E-state index in [-0.39, 0.29) is 5.91 Å². The Balaban J connectivity index is 2.10. The van der Waals surface area contributed by atoms with E-state index < -0.39 is 0 Å². The zero-order chi connectivity index (χ0) is 8.10. The smallest absolute Gasteiger partial charge is 0.223 e. The molecule has 11 heavy (non-hydrogen) atoms. The van der Waals surface area contributed by atoms with Crippen LogP contribution in [0.3, 0.4) is 0 Å². The SMILES string of the molecule is CCCCCC1CCNC1=O. The van der Waals surface area contributed by atoms with Crippen LogP contribution in [0.2, 0.25) is 0 Å². The lowest BCUT2D eigenvalue weighted by Crippen LogP contribution is -2.18. The van der Waals surface area contributed by atoms with Crippen molar-refractivity contribution in [2.75, 3.05) is 6.54 Å². The van der Waals surface area contributed by atoms with Gasteiger partial charge in [0.05, 0.1) is 0 Å². The van der Waals surface area contributed by atoms with Crippen LogP contribution < -0.4 is 5.32 Å². The van der Waals surface area contributed by atoms with Gasteiger partial charge in [-0.15, -0.1) is 0 Å². The average molecular weight is 155 g/mol. The first-order chi connectivity index (χ1) is 5.34. The normalized spacial score (nSPS) is 23.7. The molecule has 2 heteroatoms. The van der Waals surface area contributed by atoms with Crippen molar-refractivity contribution in [2.45, 2.75) is 39.0 Å². The van der Waals surface area contributed by atoms with Crippen LogP contribution in [0.15, 0.2) is 0 Å². The van der Waals surface area contributed by atoms with Crippen LogP contribution in [0.25, 0.3) is 0 Å². The number of hydrogen-bond donors (Lipinski definition) is 1. The van der Waals surface area contributed by atoms with Crippen molar-refractivity contribution < 1.29 is 4.79 Å². The van der Waals surface area contributed by atoms with E-state index in [0.29, 0.717) is 5.92 Å². The van der Waals surface area contributed by atoms with E-state index in [1.807, 2.05) is 0 Å². The summed E-state index contributed by atoms with van der Waals surface area (Å²) in [6.45, 7) is 3.09. The lowest BCUT2D eigenvalue weighted by Gasteiger charge is -2.04. The van der Waals surface area contributed by atoms with E-state index in [1.54, 1.807) is 0 Å². The summed E-state index contributed by atoms with van der Waals surface area (Å²) in [5, 5.41) is 2.86. The average Bonchev–Trinajstić information content (AvgIpc) is 2.37. The van der Waals surface area contributed by atoms with Gasteiger partial charge in [-0.1, -0.05) is 26.2 Å². The molecule has 0 bridgehead atoms. The molecule has 0 spiro atoms. The number of hydrogen-bond acceptors (Lipinski definition) is 1. The van der Waals surface area contributed by atoms with Crippen molar-refractivity contribution in [3.63, 3.8) is 0 Å². The number of carbonyl (C=O) groups excluding carboxylic acids is 1. The molecule has 1 N–H and O–H groups in total. The standard InChI is InChI=1S/C9H17NO/c1-2-3-4-5-8-6-7-10-9(8)11/h8H,2-7H2,1H3,(H,10,11). The molecule has 0 aromatic carbocycles. The van der Waals surface area contributed by atoms with E-state index in [4.69, 9.17) is 0 Å². The molecule has 1 aliphatic heterocycles. The summed E-state index contributed by atoms with van der Waals surface area (Å²) in [5.74, 6) is 0.614. The third-order valence-corrected chi connectivity index (χ3v) is 2.32. The van der Waals surface area contributed by atoms with Gasteiger partial charge in [-0.3, -0.25) is 4.79 Å². The monoisotopic (exact) mass is 155 g/mol. The number of amides is 1. The highest BCUT2D eigenvalue weighted by atomic mass is 16.2. The molecule has 1 saturated heterocycles. The molecule has 1 amide bonds. The summed E-state index contributed by atoms with van der Waals surface area (Å²) in [5.41, 5.74) is 0. The van der Waals surface area contributed by atoms with Crippen molar-refractivity contribution in [3.05, 3.63) is 0 Å². The quantitative estimate of drug-likeness (QED) is 0.615. The van der Waals surface area contributed by atoms with Gasteiger partial charge in [0.25, 0.3) is 0 Å². The maximum Gasteiger partial charge on any atom is 0.223 e. The number of nitrogens with one attached hydrogen (secondary N) is 1. The third-order valence-electron chi connectivity index (χ3n) is 2.32. The van der Waals surface area contributed by atoms with Crippen LogP contribution in [0, 0.1) is 5.92 Å². The summed E-state index contributed by atoms with van der Waals surface area (Å²) in [6.07, 6.45) is 5.88. The van der Waals surface area contributed by atoms with Crippen LogP contribution in [0.1, 0.15) is 39.0 Å². The molecule has 0 aromatic rings. The summed E-state index contributed by atoms with van der Waals surface area (Å²) in [6, 6.07) is 0. The van der Waals surface area contributed by atoms with Crippen molar-refractivity contribution in [1.29, 1.82) is 0 Å². The molecule has 2 nitrogen and oxygen atoms in total. The Labute approximate surface area is 68.4 Å². The minimum Gasteiger partial charge on any atom is -0.356 e. The second kappa shape index (κ2) is 4.37. The van der Waals surface area contributed by atoms with Gasteiger partial charge in [-0.25, -0.2) is 0 Å². The van der Waals surface area contributed by atoms with E-state index in [0.717, 1.165) is 19.4 Å². The number of carbonyl (C=O) groups is 1. The Kier molecular flexibility index (Phi) is 3.40. The van der Waals surface area contributed by atoms with Crippen LogP contribution in [-0.4, -0.2) is 12.5 Å². The molecule has 1 rings (SSSR count). The van der Waals surface area contributed by atoms with E-state index in [9.17, 15) is 4.79 Å². The van der Waals surface area contributed by atoms with Crippen molar-refractivity contribution in [2.24, 2.45) is 5.92 Å². The third kappa shape index (κ3) is 2.52. The molecule has 0 saturated carbocycles. The van der Waals surface area contributed by atoms with Gasteiger partial charge < -0.3 is 5.32 Å². The van der Waals surface area contributed by atoms with Gasteiger partial charge in [-0.2, -0.15) is 0 Å². The molecule has 1 fully saturated rings. The van der Waals surface area contributed by atoms with E-state index in [2.05, 4.69) is 12.2 Å². The molecule has 1 aliphatic rings. The van der Waals surface area contributed by atoms with E-state index >= 15 is 0 Å². The molecule has 1 atom stereocenters. The summed E-state index contributed by atoms with van der Waals surface area (Å²) in [7, 11) is 0. The van der Waals surface area contributed by atoms with Crippen molar-refractivity contribution in [3.8, 4) is 0 Å². The Morgan fingerprint density at radius 1 is 1.55 bits per heavy atom. The Morgan fingerprint density at radius 3 is 2.91 bits per heavy atom. The van der Waals surface area contributed by atoms with Gasteiger partial charge in [0, 0.05) is 12.5 Å². The fourth-order valence-electron chi connectivity index (χ4n) is 1.56. The van der Waals surface area contributed by atoms with Crippen LogP contribution in [0.4, 0.5) is 0 Å². The van der Waals surface area contributed by atoms with Gasteiger partial charge in [0.1, 0.15) is 0 Å². The highest BCUT2D eigenvalue weighted by Crippen LogP contribution is 2.17. The predicted molar refractivity (Wildman–Crippen MR) is 45.3 cm³/mol. The van der Waals surface area contributed by atoms with Gasteiger partial charge >= 0.3 is 0 Å². The molecular weight excluding hydrogens is 138 g/mol. The zero-order valence-corrected chi connectivity index (χ0v) is 7.23. The van der Waals surface area contributed by atoms with Gasteiger partial charge in [0.2, 0.25) is 5.91 Å². The topological polar surface area (TPSA) is 29.1 Å². The number of unbranched alkanes of at least 4 members (excludes halogenated alkanes) is 2. The zero-order valence-electron chi connectivity index (χ0n) is 7.23. The maximum absolute atomic E-state index is 11.1. The summed E-state index contributed by atoms with van der Waals surface area (Å²) >= 11 is 0. The highest BCUT2D eigenvalue weighted by molar-refractivity contribution is 5.80. The van der Waals surface area contributed by atoms with E-state index in [1.165, 1.54) is 19.3 Å². The van der Waals surface area contributed by atoms with Crippen LogP contribution in [0.5, 0.6) is 0 Å². The fraction of sp³-hybridized carbons (Fsp3) is 0.889. The molecule has 0 aliphatic carbocycles. The van der Waals surface area contributed by atoms with Crippen LogP contribution >= 0.6 is 0 Å². The fourth-order valence-corrected chi connectivity index (χ4v) is 1.56. The molecular formula is C9H17NO. The lowest BCUT2D eigenvalue weighted by molar-refractivity contribution is -0.122. The first-order valence-corrected chi connectivity index (χ1v) is 4.62. The molecule has 0 aromatic heterocycles. The number of rotatable bonds is 4. The van der Waals surface area contributed by atoms with Crippen molar-refractivity contribution >= 4 is 5.91 Å². The maximum atomic E-state index is 11.1. The van der Waals surface area contributed by atoms with Crippen molar-refractivity contribution in [1.82, 2.24) is 5.32 Å². The highest BCUT2D eigenvalue weighted by Gasteiger charge is 2.22. The van der Waals surface area contributed by atoms with Gasteiger partial charge in [-0.05, 0) is 12.8 Å². The largest absolute Gasteiger partial charge is 0.356 e. The second-order valence-electron chi connectivity index (χ2n) is 3.27. The Morgan fingerprint density at radius 2 is 2.36 bits per heavy atom. The Bertz CT molecular complexity index is 134. The predicted octanol–water partition coefficient (Wildman–Crippen LogP) is 1.70. The molecule has 0 radical (unpaired) electrons. The minimum atomic E-state index is 0.279. The van der Waals surface area contributed by atoms with Crippen LogP contribution in [-0.2, 0) is 4.79 Å². The second-order valence-corrected chi connectivity index (χ2v) is 3.27. The molecule has 64 valence electrons.